The molecule has 4 aromatic rings. The van der Waals surface area contributed by atoms with E-state index in [9.17, 15) is 27.9 Å². The molecule has 12 heteroatoms. The molecule has 0 aliphatic carbocycles. The SMILES string of the molecule is CC(C)(C)OC(=O)N[C@H](CS(=O)(=O)Cc1ccc(NC(=O)Cn2ccc3cc(OCc4ccccc4)ccc32)cc1)C(=O)O. The number of aromatic nitrogens is 1. The van der Waals surface area contributed by atoms with Gasteiger partial charge in [0.25, 0.3) is 0 Å². The predicted octanol–water partition coefficient (Wildman–Crippen LogP) is 4.75. The minimum Gasteiger partial charge on any atom is -0.489 e. The van der Waals surface area contributed by atoms with Gasteiger partial charge in [0, 0.05) is 22.8 Å². The molecule has 1 heterocycles. The van der Waals surface area contributed by atoms with Crippen molar-refractivity contribution in [1.29, 1.82) is 0 Å². The number of alkyl carbamates (subject to hydrolysis) is 1. The van der Waals surface area contributed by atoms with E-state index in [1.54, 1.807) is 32.9 Å². The number of nitrogens with one attached hydrogen (secondary N) is 2. The minimum absolute atomic E-state index is 0.0606. The van der Waals surface area contributed by atoms with Crippen molar-refractivity contribution < 1.29 is 37.4 Å². The van der Waals surface area contributed by atoms with Crippen molar-refractivity contribution in [1.82, 2.24) is 9.88 Å². The fourth-order valence-corrected chi connectivity index (χ4v) is 5.93. The van der Waals surface area contributed by atoms with E-state index in [4.69, 9.17) is 9.47 Å². The van der Waals surface area contributed by atoms with Crippen LogP contribution in [-0.4, -0.2) is 53.5 Å². The fourth-order valence-electron chi connectivity index (χ4n) is 4.38. The molecule has 0 saturated heterocycles. The molecule has 0 saturated carbocycles. The third-order valence-corrected chi connectivity index (χ3v) is 7.95. The van der Waals surface area contributed by atoms with Gasteiger partial charge < -0.3 is 29.8 Å². The molecule has 0 aliphatic heterocycles. The second-order valence-corrected chi connectivity index (χ2v) is 13.4. The van der Waals surface area contributed by atoms with Crippen molar-refractivity contribution >= 4 is 44.4 Å². The van der Waals surface area contributed by atoms with Crippen LogP contribution >= 0.6 is 0 Å². The van der Waals surface area contributed by atoms with E-state index >= 15 is 0 Å². The standard InChI is InChI=1S/C32H35N3O8S/c1-32(2,3)43-31(39)34-27(30(37)38)21-44(40,41)20-23-9-11-25(12-10-23)33-29(36)18-35-16-15-24-17-26(13-14-28(24)35)42-19-22-7-5-4-6-8-22/h4-17,27H,18-21H2,1-3H3,(H,33,36)(H,34,39)(H,37,38)/t27-/m1/s1. The first kappa shape index (κ1) is 32.1. The van der Waals surface area contributed by atoms with E-state index in [0.29, 0.717) is 17.9 Å². The average Bonchev–Trinajstić information content (AvgIpc) is 3.33. The van der Waals surface area contributed by atoms with Gasteiger partial charge in [-0.25, -0.2) is 18.0 Å². The van der Waals surface area contributed by atoms with Crippen molar-refractivity contribution in [2.24, 2.45) is 0 Å². The molecule has 0 aliphatic rings. The maximum absolute atomic E-state index is 12.8. The quantitative estimate of drug-likeness (QED) is 0.205. The Labute approximate surface area is 255 Å². The number of carbonyl (C=O) groups is 3. The number of anilines is 1. The first-order chi connectivity index (χ1) is 20.8. The smallest absolute Gasteiger partial charge is 0.408 e. The summed E-state index contributed by atoms with van der Waals surface area (Å²) < 4.78 is 38.2. The van der Waals surface area contributed by atoms with Crippen LogP contribution < -0.4 is 15.4 Å². The second kappa shape index (κ2) is 13.6. The van der Waals surface area contributed by atoms with Gasteiger partial charge in [0.1, 0.15) is 30.5 Å². The van der Waals surface area contributed by atoms with Crippen LogP contribution in [0.3, 0.4) is 0 Å². The molecule has 0 radical (unpaired) electrons. The number of sulfone groups is 1. The molecule has 0 unspecified atom stereocenters. The highest BCUT2D eigenvalue weighted by Crippen LogP contribution is 2.23. The first-order valence-corrected chi connectivity index (χ1v) is 15.7. The maximum atomic E-state index is 12.8. The largest absolute Gasteiger partial charge is 0.489 e. The average molecular weight is 622 g/mol. The van der Waals surface area contributed by atoms with E-state index in [1.165, 1.54) is 12.1 Å². The van der Waals surface area contributed by atoms with E-state index in [0.717, 1.165) is 22.2 Å². The number of rotatable bonds is 12. The minimum atomic E-state index is -3.93. The number of hydrogen-bond donors (Lipinski definition) is 3. The lowest BCUT2D eigenvalue weighted by Gasteiger charge is -2.22. The van der Waals surface area contributed by atoms with Crippen LogP contribution in [0.2, 0.25) is 0 Å². The number of carboxylic acids is 1. The number of ether oxygens (including phenoxy) is 2. The Morgan fingerprint density at radius 3 is 2.30 bits per heavy atom. The number of benzene rings is 3. The first-order valence-electron chi connectivity index (χ1n) is 13.8. The third kappa shape index (κ3) is 9.60. The van der Waals surface area contributed by atoms with Gasteiger partial charge in [-0.1, -0.05) is 42.5 Å². The number of fused-ring (bicyclic) bond motifs is 1. The lowest BCUT2D eigenvalue weighted by Crippen LogP contribution is -2.47. The van der Waals surface area contributed by atoms with Crippen molar-refractivity contribution in [3.8, 4) is 5.75 Å². The van der Waals surface area contributed by atoms with Crippen LogP contribution in [0.15, 0.2) is 85.1 Å². The normalized spacial score (nSPS) is 12.3. The summed E-state index contributed by atoms with van der Waals surface area (Å²) in [6.45, 7) is 5.33. The molecule has 2 amide bonds. The molecule has 0 fully saturated rings. The highest BCUT2D eigenvalue weighted by atomic mass is 32.2. The van der Waals surface area contributed by atoms with Gasteiger partial charge in [-0.2, -0.15) is 0 Å². The number of carbonyl (C=O) groups excluding carboxylic acids is 2. The van der Waals surface area contributed by atoms with Gasteiger partial charge in [-0.3, -0.25) is 4.79 Å². The van der Waals surface area contributed by atoms with E-state index in [1.807, 2.05) is 65.4 Å². The van der Waals surface area contributed by atoms with E-state index < -0.39 is 45.0 Å². The van der Waals surface area contributed by atoms with E-state index in [-0.39, 0.29) is 12.5 Å². The number of carboxylic acid groups (broad SMARTS) is 1. The summed E-state index contributed by atoms with van der Waals surface area (Å²) in [6, 6.07) is 22.0. The summed E-state index contributed by atoms with van der Waals surface area (Å²) in [6.07, 6.45) is 0.798. The second-order valence-electron chi connectivity index (χ2n) is 11.3. The van der Waals surface area contributed by atoms with Crippen molar-refractivity contribution in [2.75, 3.05) is 11.1 Å². The van der Waals surface area contributed by atoms with Crippen molar-refractivity contribution in [3.63, 3.8) is 0 Å². The zero-order valence-corrected chi connectivity index (χ0v) is 25.5. The topological polar surface area (TPSA) is 153 Å². The van der Waals surface area contributed by atoms with Gasteiger partial charge in [0.2, 0.25) is 5.91 Å². The summed E-state index contributed by atoms with van der Waals surface area (Å²) in [7, 11) is -3.93. The highest BCUT2D eigenvalue weighted by molar-refractivity contribution is 7.90. The number of aliphatic carboxylic acids is 1. The summed E-state index contributed by atoms with van der Waals surface area (Å²) in [4.78, 5) is 36.3. The molecule has 4 rings (SSSR count). The predicted molar refractivity (Wildman–Crippen MR) is 166 cm³/mol. The molecule has 232 valence electrons. The van der Waals surface area contributed by atoms with Gasteiger partial charge in [-0.15, -0.1) is 0 Å². The van der Waals surface area contributed by atoms with Gasteiger partial charge in [0.05, 0.1) is 11.5 Å². The molecule has 0 spiro atoms. The number of hydrogen-bond acceptors (Lipinski definition) is 7. The van der Waals surface area contributed by atoms with Crippen molar-refractivity contribution in [2.45, 2.75) is 51.3 Å². The Kier molecular flexibility index (Phi) is 9.94. The molecule has 1 atom stereocenters. The zero-order chi connectivity index (χ0) is 31.9. The molecule has 1 aromatic heterocycles. The maximum Gasteiger partial charge on any atom is 0.408 e. The molecule has 3 N–H and O–H groups in total. The van der Waals surface area contributed by atoms with Gasteiger partial charge in [-0.05, 0) is 68.3 Å². The lowest BCUT2D eigenvalue weighted by atomic mass is 10.2. The molecule has 11 nitrogen and oxygen atoms in total. The third-order valence-electron chi connectivity index (χ3n) is 6.34. The Morgan fingerprint density at radius 2 is 1.64 bits per heavy atom. The highest BCUT2D eigenvalue weighted by Gasteiger charge is 2.29. The summed E-state index contributed by atoms with van der Waals surface area (Å²) in [5.74, 6) is -2.31. The van der Waals surface area contributed by atoms with Crippen LogP contribution in [-0.2, 0) is 43.1 Å². The van der Waals surface area contributed by atoms with Crippen LogP contribution in [0.25, 0.3) is 10.9 Å². The molecular formula is C32H35N3O8S. The van der Waals surface area contributed by atoms with Crippen LogP contribution in [0.4, 0.5) is 10.5 Å². The Balaban J connectivity index is 1.30. The van der Waals surface area contributed by atoms with Crippen molar-refractivity contribution in [3.05, 3.63) is 96.2 Å². The van der Waals surface area contributed by atoms with Gasteiger partial charge >= 0.3 is 12.1 Å². The zero-order valence-electron chi connectivity index (χ0n) is 24.6. The summed E-state index contributed by atoms with van der Waals surface area (Å²) in [5, 5.41) is 15.2. The molecule has 44 heavy (non-hydrogen) atoms. The van der Waals surface area contributed by atoms with Crippen LogP contribution in [0, 0.1) is 0 Å². The summed E-state index contributed by atoms with van der Waals surface area (Å²) >= 11 is 0. The van der Waals surface area contributed by atoms with Crippen LogP contribution in [0.5, 0.6) is 5.75 Å². The molecule has 0 bridgehead atoms. The van der Waals surface area contributed by atoms with E-state index in [2.05, 4.69) is 10.6 Å². The Morgan fingerprint density at radius 1 is 0.932 bits per heavy atom. The fraction of sp³-hybridized carbons (Fsp3) is 0.281. The Hall–Kier alpha value is -4.84. The van der Waals surface area contributed by atoms with Crippen LogP contribution in [0.1, 0.15) is 31.9 Å². The monoisotopic (exact) mass is 621 g/mol. The van der Waals surface area contributed by atoms with Gasteiger partial charge in [0.15, 0.2) is 9.84 Å². The summed E-state index contributed by atoms with van der Waals surface area (Å²) in [5.41, 5.74) is 1.93. The number of nitrogens with zero attached hydrogens (tertiary/aromatic N) is 1. The molecule has 3 aromatic carbocycles. The number of amides is 2. The Bertz CT molecular complexity index is 1730. The molecular weight excluding hydrogens is 586 g/mol. The lowest BCUT2D eigenvalue weighted by molar-refractivity contribution is -0.138.